The van der Waals surface area contributed by atoms with Gasteiger partial charge in [0.15, 0.2) is 11.5 Å². The number of rotatable bonds is 6. The number of aliphatic hydroxyl groups is 1. The summed E-state index contributed by atoms with van der Waals surface area (Å²) in [5.41, 5.74) is 7.31. The molecule has 3 heterocycles. The summed E-state index contributed by atoms with van der Waals surface area (Å²) in [6.45, 7) is -0.281. The van der Waals surface area contributed by atoms with Gasteiger partial charge in [0, 0.05) is 6.42 Å². The standard InChI is InChI=1S/C17H19N5O5S/c18-16-15-17(20-9-19-16)22(10-21-15)14-6-12(23)13(27-14)7-26-28(24,25)8-11-4-2-1-3-5-11/h1-5,9-10,12-14,23H,6-8H2,(H2,18,19,20)/t12-,13+,14+/m0/s1. The van der Waals surface area contributed by atoms with Gasteiger partial charge in [-0.3, -0.25) is 8.75 Å². The number of nitrogen functional groups attached to an aromatic ring is 1. The van der Waals surface area contributed by atoms with Gasteiger partial charge in [0.25, 0.3) is 10.1 Å². The Morgan fingerprint density at radius 1 is 1.25 bits per heavy atom. The zero-order valence-electron chi connectivity index (χ0n) is 14.7. The van der Waals surface area contributed by atoms with Crippen LogP contribution >= 0.6 is 0 Å². The van der Waals surface area contributed by atoms with Crippen LogP contribution in [0, 0.1) is 0 Å². The third-order valence-corrected chi connectivity index (χ3v) is 5.68. The van der Waals surface area contributed by atoms with Crippen molar-refractivity contribution in [2.45, 2.75) is 30.6 Å². The number of nitrogens with two attached hydrogens (primary N) is 1. The van der Waals surface area contributed by atoms with Crippen molar-refractivity contribution < 1.29 is 22.4 Å². The van der Waals surface area contributed by atoms with Gasteiger partial charge in [0.2, 0.25) is 0 Å². The Kier molecular flexibility index (Phi) is 4.98. The first-order valence-corrected chi connectivity index (χ1v) is 10.2. The van der Waals surface area contributed by atoms with E-state index in [0.717, 1.165) is 0 Å². The molecule has 1 fully saturated rings. The van der Waals surface area contributed by atoms with Crippen molar-refractivity contribution in [3.63, 3.8) is 0 Å². The molecular formula is C17H19N5O5S. The fourth-order valence-corrected chi connectivity index (χ4v) is 4.13. The van der Waals surface area contributed by atoms with Crippen LogP contribution in [0.15, 0.2) is 43.0 Å². The van der Waals surface area contributed by atoms with E-state index >= 15 is 0 Å². The molecule has 148 valence electrons. The highest BCUT2D eigenvalue weighted by molar-refractivity contribution is 7.85. The van der Waals surface area contributed by atoms with E-state index in [0.29, 0.717) is 16.7 Å². The van der Waals surface area contributed by atoms with Crippen molar-refractivity contribution >= 4 is 27.1 Å². The predicted molar refractivity (Wildman–Crippen MR) is 99.3 cm³/mol. The Morgan fingerprint density at radius 2 is 2.04 bits per heavy atom. The topological polar surface area (TPSA) is 142 Å². The van der Waals surface area contributed by atoms with E-state index in [1.807, 2.05) is 0 Å². The molecule has 0 aliphatic carbocycles. The second kappa shape index (κ2) is 7.43. The van der Waals surface area contributed by atoms with Crippen LogP contribution in [0.2, 0.25) is 0 Å². The third kappa shape index (κ3) is 3.83. The van der Waals surface area contributed by atoms with Crippen molar-refractivity contribution in [1.29, 1.82) is 0 Å². The zero-order chi connectivity index (χ0) is 19.7. The molecule has 0 bridgehead atoms. The smallest absolute Gasteiger partial charge is 0.271 e. The van der Waals surface area contributed by atoms with Crippen LogP contribution < -0.4 is 5.73 Å². The number of hydrogen-bond acceptors (Lipinski definition) is 9. The normalized spacial score (nSPS) is 22.7. The molecular weight excluding hydrogens is 386 g/mol. The first kappa shape index (κ1) is 18.7. The molecule has 4 rings (SSSR count). The molecule has 0 spiro atoms. The Morgan fingerprint density at radius 3 is 2.82 bits per heavy atom. The maximum absolute atomic E-state index is 12.2. The average Bonchev–Trinajstić information content (AvgIpc) is 3.25. The van der Waals surface area contributed by atoms with Gasteiger partial charge in [-0.2, -0.15) is 8.42 Å². The van der Waals surface area contributed by atoms with Gasteiger partial charge in [0.1, 0.15) is 29.9 Å². The van der Waals surface area contributed by atoms with Crippen molar-refractivity contribution in [1.82, 2.24) is 19.5 Å². The van der Waals surface area contributed by atoms with E-state index in [-0.39, 0.29) is 24.6 Å². The van der Waals surface area contributed by atoms with Crippen LogP contribution in [0.3, 0.4) is 0 Å². The summed E-state index contributed by atoms with van der Waals surface area (Å²) in [7, 11) is -3.80. The number of fused-ring (bicyclic) bond motifs is 1. The maximum atomic E-state index is 12.2. The van der Waals surface area contributed by atoms with E-state index in [1.54, 1.807) is 34.9 Å². The van der Waals surface area contributed by atoms with Crippen molar-refractivity contribution in [2.75, 3.05) is 12.3 Å². The molecule has 3 N–H and O–H groups in total. The predicted octanol–water partition coefficient (Wildman–Crippen LogP) is 0.603. The zero-order valence-corrected chi connectivity index (χ0v) is 15.6. The van der Waals surface area contributed by atoms with Gasteiger partial charge >= 0.3 is 0 Å². The van der Waals surface area contributed by atoms with Gasteiger partial charge < -0.3 is 15.6 Å². The number of aliphatic hydroxyl groups excluding tert-OH is 1. The molecule has 1 aliphatic rings. The second-order valence-electron chi connectivity index (χ2n) is 6.49. The van der Waals surface area contributed by atoms with Crippen LogP contribution in [0.4, 0.5) is 5.82 Å². The fraction of sp³-hybridized carbons (Fsp3) is 0.353. The number of hydrogen-bond donors (Lipinski definition) is 2. The minimum absolute atomic E-state index is 0.238. The average molecular weight is 405 g/mol. The summed E-state index contributed by atoms with van der Waals surface area (Å²) in [6, 6.07) is 8.72. The highest BCUT2D eigenvalue weighted by atomic mass is 32.2. The van der Waals surface area contributed by atoms with E-state index in [2.05, 4.69) is 15.0 Å². The minimum Gasteiger partial charge on any atom is -0.390 e. The number of anilines is 1. The summed E-state index contributed by atoms with van der Waals surface area (Å²) in [4.78, 5) is 12.2. The van der Waals surface area contributed by atoms with Gasteiger partial charge in [0.05, 0.1) is 19.0 Å². The van der Waals surface area contributed by atoms with Crippen LogP contribution in [0.5, 0.6) is 0 Å². The van der Waals surface area contributed by atoms with E-state index in [9.17, 15) is 13.5 Å². The lowest BCUT2D eigenvalue weighted by Crippen LogP contribution is -2.28. The molecule has 1 aliphatic heterocycles. The molecule has 3 aromatic rings. The summed E-state index contributed by atoms with van der Waals surface area (Å²) >= 11 is 0. The first-order valence-electron chi connectivity index (χ1n) is 8.60. The SMILES string of the molecule is Nc1ncnc2c1ncn2[C@H]1C[C@H](O)[C@@H](COS(=O)(=O)Cc2ccccc2)O1. The third-order valence-electron chi connectivity index (χ3n) is 4.50. The molecule has 3 atom stereocenters. The first-order chi connectivity index (χ1) is 13.4. The van der Waals surface area contributed by atoms with Crippen LogP contribution in [0.1, 0.15) is 18.2 Å². The molecule has 28 heavy (non-hydrogen) atoms. The molecule has 0 saturated carbocycles. The highest BCUT2D eigenvalue weighted by Crippen LogP contribution is 2.31. The van der Waals surface area contributed by atoms with E-state index < -0.39 is 28.6 Å². The van der Waals surface area contributed by atoms with Gasteiger partial charge in [-0.25, -0.2) is 15.0 Å². The van der Waals surface area contributed by atoms with Crippen LogP contribution in [0.25, 0.3) is 11.2 Å². The highest BCUT2D eigenvalue weighted by Gasteiger charge is 2.37. The fourth-order valence-electron chi connectivity index (χ4n) is 3.11. The number of imidazole rings is 1. The Balaban J connectivity index is 1.42. The van der Waals surface area contributed by atoms with Crippen LogP contribution in [-0.4, -0.2) is 51.9 Å². The summed E-state index contributed by atoms with van der Waals surface area (Å²) in [5.74, 6) is -0.00297. The molecule has 1 saturated heterocycles. The lowest BCUT2D eigenvalue weighted by Gasteiger charge is -2.16. The van der Waals surface area contributed by atoms with Crippen molar-refractivity contribution in [3.8, 4) is 0 Å². The second-order valence-corrected chi connectivity index (χ2v) is 8.13. The number of aromatic nitrogens is 4. The summed E-state index contributed by atoms with van der Waals surface area (Å²) < 4.78 is 36.9. The van der Waals surface area contributed by atoms with Gasteiger partial charge in [-0.1, -0.05) is 30.3 Å². The summed E-state index contributed by atoms with van der Waals surface area (Å²) in [6.07, 6.45) is 0.795. The van der Waals surface area contributed by atoms with Crippen LogP contribution in [-0.2, 0) is 24.8 Å². The Bertz CT molecular complexity index is 1070. The summed E-state index contributed by atoms with van der Waals surface area (Å²) in [5, 5.41) is 10.3. The molecule has 1 aromatic carbocycles. The Labute approximate surface area is 161 Å². The van der Waals surface area contributed by atoms with Gasteiger partial charge in [-0.15, -0.1) is 0 Å². The molecule has 0 amide bonds. The van der Waals surface area contributed by atoms with E-state index in [4.69, 9.17) is 14.7 Å². The Hall–Kier alpha value is -2.60. The largest absolute Gasteiger partial charge is 0.390 e. The maximum Gasteiger partial charge on any atom is 0.271 e. The molecule has 0 radical (unpaired) electrons. The number of benzene rings is 1. The molecule has 11 heteroatoms. The minimum atomic E-state index is -3.80. The lowest BCUT2D eigenvalue weighted by atomic mass is 10.2. The lowest BCUT2D eigenvalue weighted by molar-refractivity contribution is -0.0371. The van der Waals surface area contributed by atoms with Crippen molar-refractivity contribution in [2.24, 2.45) is 0 Å². The number of nitrogens with zero attached hydrogens (tertiary/aromatic N) is 4. The molecule has 2 aromatic heterocycles. The molecule has 0 unspecified atom stereocenters. The quantitative estimate of drug-likeness (QED) is 0.564. The van der Waals surface area contributed by atoms with E-state index in [1.165, 1.54) is 12.7 Å². The van der Waals surface area contributed by atoms with Crippen molar-refractivity contribution in [3.05, 3.63) is 48.5 Å². The molecule has 10 nitrogen and oxygen atoms in total. The number of ether oxygens (including phenoxy) is 1. The monoisotopic (exact) mass is 405 g/mol. The van der Waals surface area contributed by atoms with Gasteiger partial charge in [-0.05, 0) is 5.56 Å².